The second kappa shape index (κ2) is 5.79. The van der Waals surface area contributed by atoms with E-state index in [0.717, 1.165) is 18.1 Å². The fraction of sp³-hybridized carbons (Fsp3) is 0.600. The summed E-state index contributed by atoms with van der Waals surface area (Å²) in [6.07, 6.45) is 0. The van der Waals surface area contributed by atoms with Crippen LogP contribution in [0.5, 0.6) is 0 Å². The van der Waals surface area contributed by atoms with Crippen molar-refractivity contribution in [3.05, 3.63) is 9.61 Å². The highest BCUT2D eigenvalue weighted by Gasteiger charge is 2.24. The maximum Gasteiger partial charge on any atom is 0.360 e. The second-order valence-electron chi connectivity index (χ2n) is 3.44. The van der Waals surface area contributed by atoms with Crippen LogP contribution in [0.2, 0.25) is 0 Å². The van der Waals surface area contributed by atoms with Crippen LogP contribution < -0.4 is 4.90 Å². The lowest BCUT2D eigenvalue weighted by molar-refractivity contribution is 0.0520. The molecule has 1 aromatic heterocycles. The molecule has 1 aliphatic rings. The predicted octanol–water partition coefficient (Wildman–Crippen LogP) is 1.92. The summed E-state index contributed by atoms with van der Waals surface area (Å²) in [5, 5.41) is 0.860. The van der Waals surface area contributed by atoms with E-state index in [-0.39, 0.29) is 5.97 Å². The Labute approximate surface area is 112 Å². The van der Waals surface area contributed by atoms with E-state index in [0.29, 0.717) is 29.4 Å². The van der Waals surface area contributed by atoms with Crippen LogP contribution in [0.15, 0.2) is 3.92 Å². The molecule has 17 heavy (non-hydrogen) atoms. The number of carbonyl (C=O) groups excluding carboxylic acids is 1. The normalized spacial score (nSPS) is 16.0. The zero-order chi connectivity index (χ0) is 12.3. The first-order valence-electron chi connectivity index (χ1n) is 5.38. The highest BCUT2D eigenvalue weighted by molar-refractivity contribution is 9.11. The van der Waals surface area contributed by atoms with Crippen molar-refractivity contribution in [3.63, 3.8) is 0 Å². The van der Waals surface area contributed by atoms with Gasteiger partial charge in [-0.2, -0.15) is 0 Å². The van der Waals surface area contributed by atoms with Gasteiger partial charge in [-0.05, 0) is 22.9 Å². The first kappa shape index (κ1) is 12.8. The maximum atomic E-state index is 11.8. The van der Waals surface area contributed by atoms with Crippen molar-refractivity contribution >= 4 is 38.2 Å². The van der Waals surface area contributed by atoms with Gasteiger partial charge in [0, 0.05) is 13.1 Å². The summed E-state index contributed by atoms with van der Waals surface area (Å²) in [5.74, 6) is -0.365. The average molecular weight is 321 g/mol. The number of hydrogen-bond donors (Lipinski definition) is 0. The molecule has 1 aliphatic heterocycles. The molecule has 0 unspecified atom stereocenters. The van der Waals surface area contributed by atoms with E-state index in [2.05, 4.69) is 25.8 Å². The molecular formula is C10H13BrN2O3S. The van der Waals surface area contributed by atoms with Gasteiger partial charge in [0.05, 0.1) is 19.8 Å². The Balaban J connectivity index is 2.22. The summed E-state index contributed by atoms with van der Waals surface area (Å²) in [6.45, 7) is 5.06. The zero-order valence-corrected chi connectivity index (χ0v) is 11.8. The van der Waals surface area contributed by atoms with E-state index in [9.17, 15) is 4.79 Å². The van der Waals surface area contributed by atoms with Crippen molar-refractivity contribution in [1.82, 2.24) is 4.98 Å². The minimum atomic E-state index is -0.365. The molecule has 1 saturated heterocycles. The van der Waals surface area contributed by atoms with Crippen molar-refractivity contribution in [2.24, 2.45) is 0 Å². The molecular weight excluding hydrogens is 308 g/mol. The lowest BCUT2D eigenvalue weighted by Gasteiger charge is -2.27. The van der Waals surface area contributed by atoms with Gasteiger partial charge < -0.3 is 14.4 Å². The molecule has 7 heteroatoms. The highest BCUT2D eigenvalue weighted by atomic mass is 79.9. The van der Waals surface area contributed by atoms with Gasteiger partial charge in [-0.15, -0.1) is 0 Å². The summed E-state index contributed by atoms with van der Waals surface area (Å²) in [6, 6.07) is 0. The number of anilines is 1. The number of halogens is 1. The van der Waals surface area contributed by atoms with Crippen molar-refractivity contribution in [2.45, 2.75) is 6.92 Å². The van der Waals surface area contributed by atoms with Crippen LogP contribution in [-0.2, 0) is 9.47 Å². The minimum Gasteiger partial charge on any atom is -0.461 e. The Morgan fingerprint density at radius 2 is 2.29 bits per heavy atom. The largest absolute Gasteiger partial charge is 0.461 e. The van der Waals surface area contributed by atoms with E-state index in [1.54, 1.807) is 6.92 Å². The number of thiazole rings is 1. The van der Waals surface area contributed by atoms with Gasteiger partial charge in [0.2, 0.25) is 0 Å². The SMILES string of the molecule is CCOC(=O)c1nc(Br)sc1N1CCOCC1. The van der Waals surface area contributed by atoms with Crippen LogP contribution in [-0.4, -0.2) is 43.9 Å². The number of morpholine rings is 1. The van der Waals surface area contributed by atoms with Gasteiger partial charge in [0.25, 0.3) is 0 Å². The molecule has 1 aromatic rings. The number of nitrogens with zero attached hydrogens (tertiary/aromatic N) is 2. The maximum absolute atomic E-state index is 11.8. The van der Waals surface area contributed by atoms with Gasteiger partial charge in [0.1, 0.15) is 5.00 Å². The molecule has 0 saturated carbocycles. The van der Waals surface area contributed by atoms with Crippen molar-refractivity contribution in [2.75, 3.05) is 37.8 Å². The Morgan fingerprint density at radius 3 is 2.94 bits per heavy atom. The van der Waals surface area contributed by atoms with Gasteiger partial charge >= 0.3 is 5.97 Å². The van der Waals surface area contributed by atoms with E-state index < -0.39 is 0 Å². The summed E-state index contributed by atoms with van der Waals surface area (Å²) in [7, 11) is 0. The Hall–Kier alpha value is -0.660. The van der Waals surface area contributed by atoms with Gasteiger partial charge in [-0.3, -0.25) is 0 Å². The predicted molar refractivity (Wildman–Crippen MR) is 68.8 cm³/mol. The third-order valence-electron chi connectivity index (χ3n) is 2.35. The Morgan fingerprint density at radius 1 is 1.59 bits per heavy atom. The van der Waals surface area contributed by atoms with Gasteiger partial charge in [-0.25, -0.2) is 9.78 Å². The smallest absolute Gasteiger partial charge is 0.360 e. The zero-order valence-electron chi connectivity index (χ0n) is 9.44. The van der Waals surface area contributed by atoms with Crippen molar-refractivity contribution in [1.29, 1.82) is 0 Å². The summed E-state index contributed by atoms with van der Waals surface area (Å²) in [4.78, 5) is 18.1. The Bertz CT molecular complexity index is 404. The number of hydrogen-bond acceptors (Lipinski definition) is 6. The molecule has 2 rings (SSSR count). The molecule has 0 radical (unpaired) electrons. The first-order valence-corrected chi connectivity index (χ1v) is 6.99. The van der Waals surface area contributed by atoms with Crippen LogP contribution in [0, 0.1) is 0 Å². The lowest BCUT2D eigenvalue weighted by Crippen LogP contribution is -2.36. The molecule has 0 spiro atoms. The van der Waals surface area contributed by atoms with Gasteiger partial charge in [-0.1, -0.05) is 11.3 Å². The molecule has 5 nitrogen and oxygen atoms in total. The molecule has 94 valence electrons. The standard InChI is InChI=1S/C10H13BrN2O3S/c1-2-16-9(14)7-8(17-10(11)12-7)13-3-5-15-6-4-13/h2-6H2,1H3. The molecule has 2 heterocycles. The lowest BCUT2D eigenvalue weighted by atomic mass is 10.4. The molecule has 1 fully saturated rings. The molecule has 0 N–H and O–H groups in total. The third-order valence-corrected chi connectivity index (χ3v) is 3.92. The molecule has 0 atom stereocenters. The van der Waals surface area contributed by atoms with E-state index >= 15 is 0 Å². The monoisotopic (exact) mass is 320 g/mol. The Kier molecular flexibility index (Phi) is 4.36. The first-order chi connectivity index (χ1) is 8.22. The number of aromatic nitrogens is 1. The van der Waals surface area contributed by atoms with Crippen molar-refractivity contribution in [3.8, 4) is 0 Å². The highest BCUT2D eigenvalue weighted by Crippen LogP contribution is 2.32. The fourth-order valence-corrected chi connectivity index (χ4v) is 3.07. The van der Waals surface area contributed by atoms with Crippen LogP contribution in [0.25, 0.3) is 0 Å². The quantitative estimate of drug-likeness (QED) is 0.796. The van der Waals surface area contributed by atoms with Crippen LogP contribution in [0.1, 0.15) is 17.4 Å². The molecule has 0 bridgehead atoms. The number of rotatable bonds is 3. The third kappa shape index (κ3) is 2.97. The second-order valence-corrected chi connectivity index (χ2v) is 5.69. The number of ether oxygens (including phenoxy) is 2. The average Bonchev–Trinajstić information content (AvgIpc) is 2.73. The molecule has 0 aromatic carbocycles. The molecule has 0 amide bonds. The topological polar surface area (TPSA) is 51.7 Å². The van der Waals surface area contributed by atoms with Crippen LogP contribution >= 0.6 is 27.3 Å². The minimum absolute atomic E-state index is 0.358. The van der Waals surface area contributed by atoms with E-state index in [1.807, 2.05) is 0 Å². The summed E-state index contributed by atoms with van der Waals surface area (Å²) in [5.41, 5.74) is 0.394. The van der Waals surface area contributed by atoms with E-state index in [1.165, 1.54) is 11.3 Å². The van der Waals surface area contributed by atoms with Crippen molar-refractivity contribution < 1.29 is 14.3 Å². The van der Waals surface area contributed by atoms with Crippen LogP contribution in [0.3, 0.4) is 0 Å². The fourth-order valence-electron chi connectivity index (χ4n) is 1.60. The number of esters is 1. The molecule has 0 aliphatic carbocycles. The summed E-state index contributed by atoms with van der Waals surface area (Å²) < 4.78 is 11.0. The van der Waals surface area contributed by atoms with Gasteiger partial charge in [0.15, 0.2) is 9.61 Å². The van der Waals surface area contributed by atoms with E-state index in [4.69, 9.17) is 9.47 Å². The summed E-state index contributed by atoms with van der Waals surface area (Å²) >= 11 is 4.76. The number of carbonyl (C=O) groups is 1. The van der Waals surface area contributed by atoms with Crippen LogP contribution in [0.4, 0.5) is 5.00 Å².